The van der Waals surface area contributed by atoms with Gasteiger partial charge in [0.25, 0.3) is 5.78 Å². The normalized spacial score (nSPS) is 11.1. The Morgan fingerprint density at radius 1 is 1.15 bits per heavy atom. The Balaban J connectivity index is 1.63. The van der Waals surface area contributed by atoms with Crippen LogP contribution in [0.4, 0.5) is 0 Å². The number of hydrogen-bond donors (Lipinski definition) is 0. The molecule has 2 aromatic heterocycles. The van der Waals surface area contributed by atoms with E-state index >= 15 is 0 Å². The molecule has 0 unspecified atom stereocenters. The predicted molar refractivity (Wildman–Crippen MR) is 103 cm³/mol. The molecule has 26 heavy (non-hydrogen) atoms. The minimum absolute atomic E-state index is 0.0506. The SMILES string of the molecule is Cc1ccc(CN(C)C(=O)CSc2nc3nc(C)cc(C)n3n2)c(C)c1. The van der Waals surface area contributed by atoms with Crippen LogP contribution in [0.5, 0.6) is 0 Å². The van der Waals surface area contributed by atoms with Gasteiger partial charge in [-0.1, -0.05) is 35.5 Å². The highest BCUT2D eigenvalue weighted by Gasteiger charge is 2.14. The fourth-order valence-electron chi connectivity index (χ4n) is 2.81. The summed E-state index contributed by atoms with van der Waals surface area (Å²) in [6.07, 6.45) is 0. The Morgan fingerprint density at radius 3 is 2.65 bits per heavy atom. The molecular formula is C19H23N5OS. The Kier molecular flexibility index (Phi) is 5.27. The number of aryl methyl sites for hydroxylation is 4. The van der Waals surface area contributed by atoms with Gasteiger partial charge in [-0.25, -0.2) is 9.50 Å². The van der Waals surface area contributed by atoms with E-state index in [0.717, 1.165) is 17.0 Å². The average molecular weight is 369 g/mol. The summed E-state index contributed by atoms with van der Waals surface area (Å²) in [7, 11) is 1.83. The zero-order valence-corrected chi connectivity index (χ0v) is 16.6. The Morgan fingerprint density at radius 2 is 1.92 bits per heavy atom. The van der Waals surface area contributed by atoms with Crippen molar-refractivity contribution in [3.63, 3.8) is 0 Å². The van der Waals surface area contributed by atoms with Crippen LogP contribution in [0.1, 0.15) is 28.1 Å². The third-order valence-electron chi connectivity index (χ3n) is 4.25. The van der Waals surface area contributed by atoms with Gasteiger partial charge in [0.05, 0.1) is 5.75 Å². The van der Waals surface area contributed by atoms with Gasteiger partial charge >= 0.3 is 0 Å². The van der Waals surface area contributed by atoms with Gasteiger partial charge in [-0.3, -0.25) is 4.79 Å². The fourth-order valence-corrected chi connectivity index (χ4v) is 3.57. The first-order valence-corrected chi connectivity index (χ1v) is 9.46. The first kappa shape index (κ1) is 18.4. The van der Waals surface area contributed by atoms with Gasteiger partial charge in [0.15, 0.2) is 0 Å². The summed E-state index contributed by atoms with van der Waals surface area (Å²) in [6, 6.07) is 8.26. The monoisotopic (exact) mass is 369 g/mol. The lowest BCUT2D eigenvalue weighted by Crippen LogP contribution is -2.28. The summed E-state index contributed by atoms with van der Waals surface area (Å²) in [5.41, 5.74) is 5.48. The zero-order valence-electron chi connectivity index (χ0n) is 15.8. The van der Waals surface area contributed by atoms with Crippen molar-refractivity contribution in [1.82, 2.24) is 24.5 Å². The number of benzene rings is 1. The van der Waals surface area contributed by atoms with Gasteiger partial charge in [0.1, 0.15) is 0 Å². The molecule has 0 atom stereocenters. The van der Waals surface area contributed by atoms with Crippen LogP contribution >= 0.6 is 11.8 Å². The molecule has 3 rings (SSSR count). The molecule has 0 bridgehead atoms. The van der Waals surface area contributed by atoms with Crippen LogP contribution in [0, 0.1) is 27.7 Å². The smallest absolute Gasteiger partial charge is 0.253 e. The van der Waals surface area contributed by atoms with Crippen molar-refractivity contribution in [2.45, 2.75) is 39.4 Å². The summed E-state index contributed by atoms with van der Waals surface area (Å²) in [5.74, 6) is 0.923. The quantitative estimate of drug-likeness (QED) is 0.647. The number of nitrogens with zero attached hydrogens (tertiary/aromatic N) is 5. The predicted octanol–water partition coefficient (Wildman–Crippen LogP) is 3.11. The second kappa shape index (κ2) is 7.45. The van der Waals surface area contributed by atoms with Crippen molar-refractivity contribution in [2.75, 3.05) is 12.8 Å². The summed E-state index contributed by atoms with van der Waals surface area (Å²) in [4.78, 5) is 23.0. The van der Waals surface area contributed by atoms with Crippen molar-refractivity contribution >= 4 is 23.4 Å². The number of aromatic nitrogens is 4. The molecule has 0 saturated heterocycles. The number of carbonyl (C=O) groups excluding carboxylic acids is 1. The van der Waals surface area contributed by atoms with E-state index in [0.29, 0.717) is 23.2 Å². The third-order valence-corrected chi connectivity index (χ3v) is 5.08. The van der Waals surface area contributed by atoms with E-state index in [1.54, 1.807) is 9.42 Å². The maximum Gasteiger partial charge on any atom is 0.253 e. The van der Waals surface area contributed by atoms with Crippen LogP contribution in [0.3, 0.4) is 0 Å². The lowest BCUT2D eigenvalue weighted by atomic mass is 10.1. The number of carbonyl (C=O) groups is 1. The molecule has 0 aliphatic heterocycles. The van der Waals surface area contributed by atoms with Crippen molar-refractivity contribution in [3.05, 3.63) is 52.3 Å². The number of thioether (sulfide) groups is 1. The summed E-state index contributed by atoms with van der Waals surface area (Å²) in [6.45, 7) is 8.65. The molecule has 6 nitrogen and oxygen atoms in total. The van der Waals surface area contributed by atoms with E-state index in [9.17, 15) is 4.79 Å². The summed E-state index contributed by atoms with van der Waals surface area (Å²) >= 11 is 1.34. The second-order valence-electron chi connectivity index (χ2n) is 6.61. The fraction of sp³-hybridized carbons (Fsp3) is 0.368. The van der Waals surface area contributed by atoms with Gasteiger partial charge in [-0.05, 0) is 44.9 Å². The average Bonchev–Trinajstić information content (AvgIpc) is 2.98. The highest BCUT2D eigenvalue weighted by molar-refractivity contribution is 7.99. The molecule has 136 valence electrons. The van der Waals surface area contributed by atoms with Crippen LogP contribution in [0.2, 0.25) is 0 Å². The zero-order chi connectivity index (χ0) is 18.8. The Labute approximate surface area is 157 Å². The highest BCUT2D eigenvalue weighted by atomic mass is 32.2. The first-order valence-electron chi connectivity index (χ1n) is 8.47. The maximum atomic E-state index is 12.5. The van der Waals surface area contributed by atoms with E-state index < -0.39 is 0 Å². The Hall–Kier alpha value is -2.41. The van der Waals surface area contributed by atoms with Gasteiger partial charge in [0.2, 0.25) is 11.1 Å². The first-order chi connectivity index (χ1) is 12.3. The molecule has 1 amide bonds. The standard InChI is InChI=1S/C19H23N5OS/c1-12-6-7-16(13(2)8-12)10-23(5)17(25)11-26-19-21-18-20-14(3)9-15(4)24(18)22-19/h6-9H,10-11H2,1-5H3. The number of hydrogen-bond acceptors (Lipinski definition) is 5. The molecule has 1 aromatic carbocycles. The largest absolute Gasteiger partial charge is 0.341 e. The molecule has 3 aromatic rings. The number of fused-ring (bicyclic) bond motifs is 1. The van der Waals surface area contributed by atoms with E-state index in [-0.39, 0.29) is 5.91 Å². The van der Waals surface area contributed by atoms with E-state index in [2.05, 4.69) is 47.1 Å². The summed E-state index contributed by atoms with van der Waals surface area (Å²) in [5, 5.41) is 5.00. The van der Waals surface area contributed by atoms with Crippen LogP contribution in [-0.2, 0) is 11.3 Å². The lowest BCUT2D eigenvalue weighted by molar-refractivity contribution is -0.127. The molecular weight excluding hydrogens is 346 g/mol. The van der Waals surface area contributed by atoms with E-state index in [1.165, 1.54) is 22.9 Å². The molecule has 0 spiro atoms. The van der Waals surface area contributed by atoms with Gasteiger partial charge in [-0.2, -0.15) is 4.98 Å². The highest BCUT2D eigenvalue weighted by Crippen LogP contribution is 2.17. The molecule has 2 heterocycles. The maximum absolute atomic E-state index is 12.5. The lowest BCUT2D eigenvalue weighted by Gasteiger charge is -2.18. The van der Waals surface area contributed by atoms with E-state index in [4.69, 9.17) is 0 Å². The molecule has 0 N–H and O–H groups in total. The molecule has 0 aliphatic rings. The van der Waals surface area contributed by atoms with Crippen LogP contribution in [-0.4, -0.2) is 43.2 Å². The van der Waals surface area contributed by atoms with Gasteiger partial charge in [0, 0.05) is 25.0 Å². The Bertz CT molecular complexity index is 966. The van der Waals surface area contributed by atoms with Crippen molar-refractivity contribution in [3.8, 4) is 0 Å². The topological polar surface area (TPSA) is 63.4 Å². The van der Waals surface area contributed by atoms with Gasteiger partial charge in [-0.15, -0.1) is 5.10 Å². The van der Waals surface area contributed by atoms with Crippen molar-refractivity contribution in [2.24, 2.45) is 0 Å². The minimum atomic E-state index is 0.0506. The molecule has 0 aliphatic carbocycles. The molecule has 0 saturated carbocycles. The van der Waals surface area contributed by atoms with Crippen LogP contribution in [0.25, 0.3) is 5.78 Å². The number of amides is 1. The van der Waals surface area contributed by atoms with Crippen LogP contribution in [0.15, 0.2) is 29.4 Å². The van der Waals surface area contributed by atoms with Crippen molar-refractivity contribution < 1.29 is 4.79 Å². The molecule has 7 heteroatoms. The van der Waals surface area contributed by atoms with E-state index in [1.807, 2.05) is 27.0 Å². The van der Waals surface area contributed by atoms with Crippen LogP contribution < -0.4 is 0 Å². The molecule has 0 fully saturated rings. The summed E-state index contributed by atoms with van der Waals surface area (Å²) < 4.78 is 1.71. The van der Waals surface area contributed by atoms with Crippen molar-refractivity contribution in [1.29, 1.82) is 0 Å². The minimum Gasteiger partial charge on any atom is -0.341 e. The van der Waals surface area contributed by atoms with Gasteiger partial charge < -0.3 is 4.90 Å². The second-order valence-corrected chi connectivity index (χ2v) is 7.56. The number of rotatable bonds is 5. The molecule has 0 radical (unpaired) electrons. The third kappa shape index (κ3) is 4.04.